The van der Waals surface area contributed by atoms with Crippen molar-refractivity contribution in [2.45, 2.75) is 0 Å². The predicted molar refractivity (Wildman–Crippen MR) is 20.4 cm³/mol. The molecule has 4 heavy (non-hydrogen) atoms. The Labute approximate surface area is 28.4 Å². The summed E-state index contributed by atoms with van der Waals surface area (Å²) < 4.78 is 0. The molecule has 0 aromatic heterocycles. The van der Waals surface area contributed by atoms with Crippen LogP contribution in [-0.4, -0.2) is 17.0 Å². The molecule has 3 heteroatoms. The molecule has 2 nitrogen and oxygen atoms in total. The second kappa shape index (κ2) is 18.6. The summed E-state index contributed by atoms with van der Waals surface area (Å²) in [5.41, 5.74) is 0. The first-order valence-electron chi connectivity index (χ1n) is 0.428. The summed E-state index contributed by atoms with van der Waals surface area (Å²) in [5.74, 6) is 0. The molecule has 0 spiro atoms. The lowest BCUT2D eigenvalue weighted by Gasteiger charge is -1.32. The summed E-state index contributed by atoms with van der Waals surface area (Å²) in [7, 11) is 0. The van der Waals surface area contributed by atoms with Crippen LogP contribution in [0.3, 0.4) is 0 Å². The zero-order valence-corrected chi connectivity index (χ0v) is 1.36. The molecule has 0 heterocycles. The molecule has 0 aliphatic rings. The van der Waals surface area contributed by atoms with E-state index in [1.54, 1.807) is 0 Å². The average Bonchev–Trinajstić information content (AvgIpc) is 0.918. The van der Waals surface area contributed by atoms with Crippen molar-refractivity contribution in [3.05, 3.63) is 5.41 Å². The Morgan fingerprint density at radius 1 is 1.75 bits per heavy atom. The second-order valence-electron chi connectivity index (χ2n) is 0.0913. The molecule has 0 saturated heterocycles. The number of nitrogens with zero attached hydrogens (tertiary/aromatic N) is 1. The summed E-state index contributed by atoms with van der Waals surface area (Å²) in [4.78, 5) is 8.24. The average molecular weight is 74.1 g/mol. The first-order valence-corrected chi connectivity index (χ1v) is 0.428. The molecule has 0 aliphatic carbocycles. The molecule has 24 valence electrons. The molecule has 0 aromatic rings. The lowest BCUT2D eigenvalue weighted by molar-refractivity contribution is 0.569. The summed E-state index contributed by atoms with van der Waals surface area (Å²) in [6.45, 7) is 0. The first kappa shape index (κ1) is 9.51. The van der Waals surface area contributed by atoms with E-state index in [2.05, 4.69) is 0 Å². The minimum atomic E-state index is 0. The highest BCUT2D eigenvalue weighted by Crippen LogP contribution is 0.949. The highest BCUT2D eigenvalue weighted by Gasteiger charge is 0.791. The third-order valence-electron chi connectivity index (χ3n) is 0. The van der Waals surface area contributed by atoms with E-state index < -0.39 is 0 Å². The number of hydrogen-bond acceptors (Lipinski definition) is 1. The first-order chi connectivity index (χ1) is 1.41. The number of isocyanates is 1. The lowest BCUT2D eigenvalue weighted by Crippen LogP contribution is -1.13. The van der Waals surface area contributed by atoms with Gasteiger partial charge in [0.2, 0.25) is 0 Å². The van der Waals surface area contributed by atoms with Crippen molar-refractivity contribution in [1.82, 2.24) is 0 Å². The quantitative estimate of drug-likeness (QED) is 0.194. The molecule has 0 amide bonds. The Morgan fingerprint density at radius 3 is 1.75 bits per heavy atom. The molecule has 0 rings (SSSR count). The molecule has 0 aliphatic heterocycles. The van der Waals surface area contributed by atoms with E-state index >= 15 is 0 Å². The van der Waals surface area contributed by atoms with E-state index in [0.29, 0.717) is 6.08 Å². The van der Waals surface area contributed by atoms with Crippen LogP contribution in [0.15, 0.2) is 0 Å². The van der Waals surface area contributed by atoms with E-state index in [1.165, 1.54) is 0 Å². The lowest BCUT2D eigenvalue weighted by atomic mass is 11.7. The molecule has 0 fully saturated rings. The van der Waals surface area contributed by atoms with Crippen molar-refractivity contribution in [1.29, 1.82) is 0 Å². The number of carbonyl (C=O) groups excluding carboxylic acids is 1. The van der Waals surface area contributed by atoms with Gasteiger partial charge in [-0.1, -0.05) is 0 Å². The molecule has 0 N–H and O–H groups in total. The van der Waals surface area contributed by atoms with E-state index in [0.717, 1.165) is 0 Å². The van der Waals surface area contributed by atoms with Gasteiger partial charge in [-0.05, 0) is 17.0 Å². The monoisotopic (exact) mass is 74.0 g/mol. The normalized spacial score (nSPS) is 2.00. The van der Waals surface area contributed by atoms with Crippen molar-refractivity contribution < 1.29 is 4.79 Å². The molecule has 0 bridgehead atoms. The van der Waals surface area contributed by atoms with Gasteiger partial charge in [-0.25, -0.2) is 0 Å². The fourth-order valence-electron chi connectivity index (χ4n) is 0. The van der Waals surface area contributed by atoms with Gasteiger partial charge >= 0.3 is 0 Å². The molecule has 0 aromatic carbocycles. The molecular formula is CH4NOSi-. The van der Waals surface area contributed by atoms with Crippen LogP contribution in [-0.2, 0) is 4.79 Å². The van der Waals surface area contributed by atoms with Gasteiger partial charge in [-0.15, -0.1) is 0 Å². The molecule has 0 unspecified atom stereocenters. The van der Waals surface area contributed by atoms with Gasteiger partial charge in [-0.3, -0.25) is 4.79 Å². The van der Waals surface area contributed by atoms with Gasteiger partial charge in [0.15, 0.2) is 0 Å². The van der Waals surface area contributed by atoms with E-state index in [4.69, 9.17) is 10.2 Å². The van der Waals surface area contributed by atoms with E-state index in [1.807, 2.05) is 0 Å². The maximum absolute atomic E-state index is 8.24. The molecule has 0 saturated carbocycles. The van der Waals surface area contributed by atoms with Crippen LogP contribution in [0.5, 0.6) is 0 Å². The third-order valence-corrected chi connectivity index (χ3v) is 0. The fraction of sp³-hybridized carbons (Fsp3) is 0. The summed E-state index contributed by atoms with van der Waals surface area (Å²) in [6, 6.07) is 0. The van der Waals surface area contributed by atoms with Crippen LogP contribution >= 0.6 is 0 Å². The Balaban J connectivity index is 0. The maximum Gasteiger partial charge on any atom is -0.0149 e. The molecular weight excluding hydrogens is 70.1 g/mol. The zero-order chi connectivity index (χ0) is 2.71. The van der Waals surface area contributed by atoms with Crippen LogP contribution in [0.2, 0.25) is 0 Å². The van der Waals surface area contributed by atoms with Crippen LogP contribution in [0.1, 0.15) is 0 Å². The Bertz CT molecular complexity index is 29.0. The predicted octanol–water partition coefficient (Wildman–Crippen LogP) is -1.56. The van der Waals surface area contributed by atoms with Crippen LogP contribution in [0.25, 0.3) is 5.41 Å². The molecule has 0 atom stereocenters. The molecule has 0 radical (unpaired) electrons. The summed E-state index contributed by atoms with van der Waals surface area (Å²) >= 11 is 0. The fourth-order valence-corrected chi connectivity index (χ4v) is 0. The van der Waals surface area contributed by atoms with Crippen molar-refractivity contribution >= 4 is 17.0 Å². The minimum absolute atomic E-state index is 0. The highest BCUT2D eigenvalue weighted by atomic mass is 28.1. The summed E-state index contributed by atoms with van der Waals surface area (Å²) in [6.07, 6.45) is 0.500. The Morgan fingerprint density at radius 2 is 1.75 bits per heavy atom. The maximum atomic E-state index is 8.24. The van der Waals surface area contributed by atoms with Crippen molar-refractivity contribution in [3.63, 3.8) is 0 Å². The van der Waals surface area contributed by atoms with Gasteiger partial charge in [0.1, 0.15) is 0 Å². The third kappa shape index (κ3) is 3.50. The zero-order valence-electron chi connectivity index (χ0n) is 1.36. The van der Waals surface area contributed by atoms with Crippen molar-refractivity contribution in [2.75, 3.05) is 0 Å². The van der Waals surface area contributed by atoms with Crippen molar-refractivity contribution in [2.24, 2.45) is 0 Å². The van der Waals surface area contributed by atoms with E-state index in [9.17, 15) is 0 Å². The Hall–Kier alpha value is -0.403. The van der Waals surface area contributed by atoms with Gasteiger partial charge in [-0.2, -0.15) is 0 Å². The van der Waals surface area contributed by atoms with Gasteiger partial charge < -0.3 is 5.41 Å². The van der Waals surface area contributed by atoms with Gasteiger partial charge in [0, 0.05) is 0 Å². The minimum Gasteiger partial charge on any atom is -0.724 e. The number of hydrogen-bond donors (Lipinski definition) is 0. The standard InChI is InChI=1S/CNO.H4Si/c2-1-3;/h;1H4/q-1;. The Kier molecular flexibility index (Phi) is 44.2. The topological polar surface area (TPSA) is 39.4 Å². The largest absolute Gasteiger partial charge is 0.724 e. The number of rotatable bonds is 0. The highest BCUT2D eigenvalue weighted by molar-refractivity contribution is 5.75. The second-order valence-corrected chi connectivity index (χ2v) is 0.0913. The smallest absolute Gasteiger partial charge is 0.0149 e. The SMILES string of the molecule is [N-]=C=O.[SiH4]. The summed E-state index contributed by atoms with van der Waals surface area (Å²) in [5, 5.41) is 6.76. The van der Waals surface area contributed by atoms with Gasteiger partial charge in [0.25, 0.3) is 0 Å². The van der Waals surface area contributed by atoms with Crippen molar-refractivity contribution in [3.8, 4) is 0 Å². The van der Waals surface area contributed by atoms with Crippen LogP contribution < -0.4 is 0 Å². The van der Waals surface area contributed by atoms with E-state index in [-0.39, 0.29) is 11.0 Å². The van der Waals surface area contributed by atoms with Crippen LogP contribution in [0.4, 0.5) is 0 Å². The van der Waals surface area contributed by atoms with Gasteiger partial charge in [0.05, 0.1) is 0 Å². The van der Waals surface area contributed by atoms with Crippen LogP contribution in [0, 0.1) is 0 Å².